The molecule has 0 aliphatic heterocycles. The third-order valence-electron chi connectivity index (χ3n) is 3.51. The van der Waals surface area contributed by atoms with E-state index >= 15 is 0 Å². The lowest BCUT2D eigenvalue weighted by Gasteiger charge is -2.49. The maximum absolute atomic E-state index is 11.6. The molecule has 5 heteroatoms. The summed E-state index contributed by atoms with van der Waals surface area (Å²) in [6.45, 7) is 0.642. The van der Waals surface area contributed by atoms with Gasteiger partial charge in [0, 0.05) is 31.3 Å². The summed E-state index contributed by atoms with van der Waals surface area (Å²) < 4.78 is 0. The molecule has 1 N–H and O–H groups in total. The lowest BCUT2D eigenvalue weighted by Crippen LogP contribution is -2.57. The van der Waals surface area contributed by atoms with E-state index in [0.717, 1.165) is 25.0 Å². The average Bonchev–Trinajstić information content (AvgIpc) is 2.18. The lowest BCUT2D eigenvalue weighted by atomic mass is 9.75. The van der Waals surface area contributed by atoms with Gasteiger partial charge in [0.15, 0.2) is 0 Å². The van der Waals surface area contributed by atoms with E-state index in [9.17, 15) is 9.59 Å². The summed E-state index contributed by atoms with van der Waals surface area (Å²) in [6, 6.07) is 0. The van der Waals surface area contributed by atoms with Crippen molar-refractivity contribution in [1.29, 1.82) is 0 Å². The molecule has 96 valence electrons. The van der Waals surface area contributed by atoms with Crippen molar-refractivity contribution >= 4 is 11.9 Å². The van der Waals surface area contributed by atoms with Crippen molar-refractivity contribution in [1.82, 2.24) is 9.80 Å². The molecule has 1 aliphatic carbocycles. The van der Waals surface area contributed by atoms with E-state index in [4.69, 9.17) is 5.11 Å². The highest BCUT2D eigenvalue weighted by Gasteiger charge is 2.40. The normalized spacial score (nSPS) is 18.1. The second kappa shape index (κ2) is 5.31. The van der Waals surface area contributed by atoms with Crippen molar-refractivity contribution in [2.75, 3.05) is 27.7 Å². The number of carboxylic acids is 1. The standard InChI is InChI=1S/C12H20N2O3/c1-13(2)12(7-4-8-12)9-14(3)10(15)5-6-11(16)17/h5-6H,4,7-9H2,1-3H3,(H,16,17)/b6-5+. The van der Waals surface area contributed by atoms with Crippen LogP contribution in [0.25, 0.3) is 0 Å². The molecule has 0 unspecified atom stereocenters. The fourth-order valence-corrected chi connectivity index (χ4v) is 2.12. The monoisotopic (exact) mass is 240 g/mol. The van der Waals surface area contributed by atoms with Crippen LogP contribution in [0.15, 0.2) is 12.2 Å². The van der Waals surface area contributed by atoms with Gasteiger partial charge in [0.25, 0.3) is 0 Å². The molecule has 0 saturated heterocycles. The molecule has 1 aliphatic rings. The third kappa shape index (κ3) is 3.30. The molecule has 0 spiro atoms. The number of carbonyl (C=O) groups is 2. The van der Waals surface area contributed by atoms with Gasteiger partial charge in [-0.05, 0) is 33.4 Å². The fraction of sp³-hybridized carbons (Fsp3) is 0.667. The molecule has 0 atom stereocenters. The minimum atomic E-state index is -1.10. The van der Waals surface area contributed by atoms with E-state index in [1.54, 1.807) is 11.9 Å². The highest BCUT2D eigenvalue weighted by Crippen LogP contribution is 2.36. The summed E-state index contributed by atoms with van der Waals surface area (Å²) in [5, 5.41) is 8.46. The minimum absolute atomic E-state index is 0.0709. The number of aliphatic carboxylic acids is 1. The number of hydrogen-bond donors (Lipinski definition) is 1. The summed E-state index contributed by atoms with van der Waals surface area (Å²) >= 11 is 0. The number of carboxylic acid groups (broad SMARTS) is 1. The van der Waals surface area contributed by atoms with E-state index in [-0.39, 0.29) is 11.4 Å². The maximum Gasteiger partial charge on any atom is 0.328 e. The van der Waals surface area contributed by atoms with Crippen LogP contribution in [0.5, 0.6) is 0 Å². The molecule has 0 radical (unpaired) electrons. The van der Waals surface area contributed by atoms with Crippen molar-refractivity contribution in [2.45, 2.75) is 24.8 Å². The first-order valence-electron chi connectivity index (χ1n) is 5.71. The van der Waals surface area contributed by atoms with Crippen molar-refractivity contribution in [3.8, 4) is 0 Å². The summed E-state index contributed by atoms with van der Waals surface area (Å²) in [5.74, 6) is -1.36. The SMILES string of the molecule is CN(CC1(N(C)C)CCC1)C(=O)/C=C/C(=O)O. The predicted octanol–water partition coefficient (Wildman–Crippen LogP) is 0.570. The van der Waals surface area contributed by atoms with E-state index in [1.807, 2.05) is 14.1 Å². The number of hydrogen-bond acceptors (Lipinski definition) is 3. The molecule has 17 heavy (non-hydrogen) atoms. The number of nitrogens with zero attached hydrogens (tertiary/aromatic N) is 2. The van der Waals surface area contributed by atoms with Crippen LogP contribution in [0.3, 0.4) is 0 Å². The van der Waals surface area contributed by atoms with Gasteiger partial charge in [-0.2, -0.15) is 0 Å². The quantitative estimate of drug-likeness (QED) is 0.714. The molecule has 0 bridgehead atoms. The highest BCUT2D eigenvalue weighted by atomic mass is 16.4. The van der Waals surface area contributed by atoms with Crippen LogP contribution >= 0.6 is 0 Å². The second-order valence-corrected chi connectivity index (χ2v) is 4.84. The zero-order chi connectivity index (χ0) is 13.1. The van der Waals surface area contributed by atoms with Crippen LogP contribution in [0.4, 0.5) is 0 Å². The third-order valence-corrected chi connectivity index (χ3v) is 3.51. The lowest BCUT2D eigenvalue weighted by molar-refractivity contribution is -0.132. The molecule has 1 amide bonds. The molecule has 5 nitrogen and oxygen atoms in total. The topological polar surface area (TPSA) is 60.9 Å². The van der Waals surface area contributed by atoms with Crippen molar-refractivity contribution < 1.29 is 14.7 Å². The summed E-state index contributed by atoms with van der Waals surface area (Å²) in [4.78, 5) is 25.7. The molecular weight excluding hydrogens is 220 g/mol. The summed E-state index contributed by atoms with van der Waals surface area (Å²) in [7, 11) is 5.74. The highest BCUT2D eigenvalue weighted by molar-refractivity contribution is 5.93. The van der Waals surface area contributed by atoms with E-state index in [2.05, 4.69) is 4.90 Å². The van der Waals surface area contributed by atoms with Crippen LogP contribution in [0, 0.1) is 0 Å². The Kier molecular flexibility index (Phi) is 4.28. The Bertz CT molecular complexity index is 333. The molecule has 0 aromatic rings. The van der Waals surface area contributed by atoms with Gasteiger partial charge in [-0.3, -0.25) is 4.79 Å². The van der Waals surface area contributed by atoms with Crippen LogP contribution in [-0.2, 0) is 9.59 Å². The van der Waals surface area contributed by atoms with Crippen LogP contribution in [0.2, 0.25) is 0 Å². The van der Waals surface area contributed by atoms with Gasteiger partial charge in [0.2, 0.25) is 5.91 Å². The van der Waals surface area contributed by atoms with E-state index in [0.29, 0.717) is 6.54 Å². The van der Waals surface area contributed by atoms with Gasteiger partial charge in [0.1, 0.15) is 0 Å². The maximum atomic E-state index is 11.6. The molecule has 0 aromatic heterocycles. The Hall–Kier alpha value is -1.36. The number of likely N-dealkylation sites (N-methyl/N-ethyl adjacent to an activating group) is 2. The van der Waals surface area contributed by atoms with Crippen LogP contribution < -0.4 is 0 Å². The Morgan fingerprint density at radius 1 is 1.24 bits per heavy atom. The molecule has 1 saturated carbocycles. The fourth-order valence-electron chi connectivity index (χ4n) is 2.12. The Labute approximate surface area is 102 Å². The predicted molar refractivity (Wildman–Crippen MR) is 64.7 cm³/mol. The van der Waals surface area contributed by atoms with Crippen LogP contribution in [-0.4, -0.2) is 60.0 Å². The van der Waals surface area contributed by atoms with Crippen LogP contribution in [0.1, 0.15) is 19.3 Å². The molecular formula is C12H20N2O3. The molecule has 1 rings (SSSR count). The first kappa shape index (κ1) is 13.7. The van der Waals surface area contributed by atoms with Crippen molar-refractivity contribution in [3.05, 3.63) is 12.2 Å². The van der Waals surface area contributed by atoms with Gasteiger partial charge in [0.05, 0.1) is 0 Å². The van der Waals surface area contributed by atoms with Gasteiger partial charge < -0.3 is 14.9 Å². The Balaban J connectivity index is 2.56. The van der Waals surface area contributed by atoms with Gasteiger partial charge in [-0.1, -0.05) is 0 Å². The first-order chi connectivity index (χ1) is 7.87. The van der Waals surface area contributed by atoms with Crippen molar-refractivity contribution in [3.63, 3.8) is 0 Å². The smallest absolute Gasteiger partial charge is 0.328 e. The number of rotatable bonds is 5. The first-order valence-corrected chi connectivity index (χ1v) is 5.71. The zero-order valence-electron chi connectivity index (χ0n) is 10.6. The Morgan fingerprint density at radius 3 is 2.18 bits per heavy atom. The minimum Gasteiger partial charge on any atom is -0.478 e. The molecule has 0 heterocycles. The number of amides is 1. The zero-order valence-corrected chi connectivity index (χ0v) is 10.6. The van der Waals surface area contributed by atoms with Gasteiger partial charge in [-0.25, -0.2) is 4.79 Å². The van der Waals surface area contributed by atoms with Gasteiger partial charge in [-0.15, -0.1) is 0 Å². The summed E-state index contributed by atoms with van der Waals surface area (Å²) in [6.07, 6.45) is 5.33. The van der Waals surface area contributed by atoms with E-state index < -0.39 is 5.97 Å². The largest absolute Gasteiger partial charge is 0.478 e. The number of carbonyl (C=O) groups excluding carboxylic acids is 1. The van der Waals surface area contributed by atoms with Gasteiger partial charge >= 0.3 is 5.97 Å². The van der Waals surface area contributed by atoms with Crippen molar-refractivity contribution in [2.24, 2.45) is 0 Å². The summed E-state index contributed by atoms with van der Waals surface area (Å²) in [5.41, 5.74) is 0.0709. The average molecular weight is 240 g/mol. The molecule has 1 fully saturated rings. The second-order valence-electron chi connectivity index (χ2n) is 4.84. The molecule has 0 aromatic carbocycles. The van der Waals surface area contributed by atoms with E-state index in [1.165, 1.54) is 6.42 Å². The Morgan fingerprint density at radius 2 is 1.82 bits per heavy atom.